The van der Waals surface area contributed by atoms with Crippen LogP contribution in [0.3, 0.4) is 0 Å². The highest BCUT2D eigenvalue weighted by Gasteiger charge is 2.45. The second kappa shape index (κ2) is 8.81. The zero-order valence-electron chi connectivity index (χ0n) is 19.4. The summed E-state index contributed by atoms with van der Waals surface area (Å²) in [6.07, 6.45) is 5.07. The summed E-state index contributed by atoms with van der Waals surface area (Å²) in [4.78, 5) is 34.2. The van der Waals surface area contributed by atoms with Gasteiger partial charge in [0.25, 0.3) is 5.91 Å². The number of ether oxygens (including phenoxy) is 2. The monoisotopic (exact) mass is 454 g/mol. The molecule has 4 aliphatic heterocycles. The molecule has 0 aliphatic carbocycles. The number of rotatable bonds is 5. The molecule has 8 nitrogen and oxygen atoms in total. The Morgan fingerprint density at radius 2 is 1.82 bits per heavy atom. The van der Waals surface area contributed by atoms with Crippen molar-refractivity contribution in [3.05, 3.63) is 35.4 Å². The van der Waals surface area contributed by atoms with Crippen LogP contribution < -0.4 is 5.73 Å². The average Bonchev–Trinajstić information content (AvgIpc) is 3.25. The van der Waals surface area contributed by atoms with Crippen LogP contribution in [0.15, 0.2) is 29.3 Å². The van der Waals surface area contributed by atoms with Gasteiger partial charge in [0.15, 0.2) is 0 Å². The van der Waals surface area contributed by atoms with E-state index in [0.717, 1.165) is 44.3 Å². The minimum Gasteiger partial charge on any atom is -0.376 e. The second-order valence-corrected chi connectivity index (χ2v) is 9.83. The number of piperazine rings is 1. The molecule has 3 fully saturated rings. The van der Waals surface area contributed by atoms with E-state index in [1.165, 1.54) is 5.71 Å². The van der Waals surface area contributed by atoms with E-state index in [-0.39, 0.29) is 36.7 Å². The Morgan fingerprint density at radius 1 is 1.12 bits per heavy atom. The van der Waals surface area contributed by atoms with Gasteiger partial charge >= 0.3 is 0 Å². The predicted molar refractivity (Wildman–Crippen MR) is 124 cm³/mol. The van der Waals surface area contributed by atoms with Gasteiger partial charge in [-0.3, -0.25) is 14.6 Å². The molecule has 0 radical (unpaired) electrons. The van der Waals surface area contributed by atoms with Gasteiger partial charge in [0.1, 0.15) is 11.1 Å². The standard InChI is InChI=1S/C25H34N4O4/c1-2-9-25-10-7-20(27-21(25)8-15-33-25)18-3-5-19(6-4-18)22(30)28-11-13-29(14-12-28)23(31)24(26)16-32-17-24/h3-6,20H,2,7-17,26H2,1H3. The molecule has 4 aliphatic rings. The van der Waals surface area contributed by atoms with Crippen LogP contribution in [-0.2, 0) is 14.3 Å². The zero-order valence-corrected chi connectivity index (χ0v) is 19.4. The molecule has 1 aromatic rings. The maximum Gasteiger partial charge on any atom is 0.253 e. The molecular formula is C25H34N4O4. The van der Waals surface area contributed by atoms with Crippen molar-refractivity contribution < 1.29 is 19.1 Å². The molecule has 178 valence electrons. The van der Waals surface area contributed by atoms with Crippen LogP contribution in [0.1, 0.15) is 61.0 Å². The number of fused-ring (bicyclic) bond motifs is 1. The van der Waals surface area contributed by atoms with E-state index in [9.17, 15) is 9.59 Å². The summed E-state index contributed by atoms with van der Waals surface area (Å²) in [5.41, 5.74) is 8.12. The first-order valence-electron chi connectivity index (χ1n) is 12.2. The van der Waals surface area contributed by atoms with Crippen molar-refractivity contribution in [2.75, 3.05) is 46.0 Å². The van der Waals surface area contributed by atoms with Crippen molar-refractivity contribution in [3.63, 3.8) is 0 Å². The van der Waals surface area contributed by atoms with Gasteiger partial charge in [0.05, 0.1) is 25.9 Å². The quantitative estimate of drug-likeness (QED) is 0.733. The highest BCUT2D eigenvalue weighted by molar-refractivity contribution is 5.95. The number of nitrogens with zero attached hydrogens (tertiary/aromatic N) is 3. The van der Waals surface area contributed by atoms with E-state index in [1.807, 2.05) is 29.2 Å². The third-order valence-corrected chi connectivity index (χ3v) is 7.57. The van der Waals surface area contributed by atoms with Crippen LogP contribution in [0.5, 0.6) is 0 Å². The summed E-state index contributed by atoms with van der Waals surface area (Å²) in [6.45, 7) is 5.56. The van der Waals surface area contributed by atoms with E-state index in [0.29, 0.717) is 31.7 Å². The van der Waals surface area contributed by atoms with Crippen molar-refractivity contribution in [1.29, 1.82) is 0 Å². The number of hydrogen-bond donors (Lipinski definition) is 1. The summed E-state index contributed by atoms with van der Waals surface area (Å²) in [6, 6.07) is 8.05. The number of amides is 2. The van der Waals surface area contributed by atoms with Crippen LogP contribution in [0.25, 0.3) is 0 Å². The normalized spacial score (nSPS) is 28.7. The number of carbonyl (C=O) groups excluding carboxylic acids is 2. The van der Waals surface area contributed by atoms with Crippen LogP contribution in [0.2, 0.25) is 0 Å². The van der Waals surface area contributed by atoms with Gasteiger partial charge in [0.2, 0.25) is 5.91 Å². The first-order chi connectivity index (χ1) is 15.9. The largest absolute Gasteiger partial charge is 0.376 e. The van der Waals surface area contributed by atoms with Crippen molar-refractivity contribution in [2.45, 2.75) is 56.2 Å². The Bertz CT molecular complexity index is 934. The van der Waals surface area contributed by atoms with Gasteiger partial charge in [0, 0.05) is 43.9 Å². The fraction of sp³-hybridized carbons (Fsp3) is 0.640. The molecular weight excluding hydrogens is 420 g/mol. The van der Waals surface area contributed by atoms with Crippen molar-refractivity contribution in [2.24, 2.45) is 10.7 Å². The first kappa shape index (κ1) is 22.5. The molecule has 8 heteroatoms. The van der Waals surface area contributed by atoms with Gasteiger partial charge in [-0.25, -0.2) is 0 Å². The van der Waals surface area contributed by atoms with Crippen LogP contribution >= 0.6 is 0 Å². The molecule has 2 N–H and O–H groups in total. The Balaban J connectivity index is 1.20. The number of nitrogens with two attached hydrogens (primary N) is 1. The van der Waals surface area contributed by atoms with Gasteiger partial charge in [-0.15, -0.1) is 0 Å². The summed E-state index contributed by atoms with van der Waals surface area (Å²) in [5, 5.41) is 0. The predicted octanol–water partition coefficient (Wildman–Crippen LogP) is 1.93. The number of carbonyl (C=O) groups is 2. The lowest BCUT2D eigenvalue weighted by Crippen LogP contribution is -2.68. The molecule has 0 aromatic heterocycles. The van der Waals surface area contributed by atoms with Crippen molar-refractivity contribution in [3.8, 4) is 0 Å². The number of hydrogen-bond acceptors (Lipinski definition) is 6. The van der Waals surface area contributed by atoms with Gasteiger partial charge in [-0.1, -0.05) is 25.5 Å². The third kappa shape index (κ3) is 4.09. The van der Waals surface area contributed by atoms with E-state index < -0.39 is 5.54 Å². The van der Waals surface area contributed by atoms with Gasteiger partial charge < -0.3 is 25.0 Å². The fourth-order valence-electron chi connectivity index (χ4n) is 5.57. The fourth-order valence-corrected chi connectivity index (χ4v) is 5.57. The maximum atomic E-state index is 13.0. The topological polar surface area (TPSA) is 97.5 Å². The van der Waals surface area contributed by atoms with Gasteiger partial charge in [-0.2, -0.15) is 0 Å². The van der Waals surface area contributed by atoms with Crippen molar-refractivity contribution in [1.82, 2.24) is 9.80 Å². The van der Waals surface area contributed by atoms with E-state index >= 15 is 0 Å². The molecule has 33 heavy (non-hydrogen) atoms. The molecule has 0 saturated carbocycles. The highest BCUT2D eigenvalue weighted by Crippen LogP contribution is 2.41. The molecule has 2 amide bonds. The number of benzene rings is 1. The molecule has 2 atom stereocenters. The lowest BCUT2D eigenvalue weighted by Gasteiger charge is -2.43. The molecule has 4 heterocycles. The van der Waals surface area contributed by atoms with E-state index in [2.05, 4.69) is 6.92 Å². The SMILES string of the molecule is CCCC12CCC(c3ccc(C(=O)N4CCN(C(=O)C5(N)COC5)CC4)cc3)N=C1CCO2. The zero-order chi connectivity index (χ0) is 23.1. The molecule has 0 spiro atoms. The molecule has 5 rings (SSSR count). The second-order valence-electron chi connectivity index (χ2n) is 9.83. The van der Waals surface area contributed by atoms with Crippen LogP contribution in [0, 0.1) is 0 Å². The Labute approximate surface area is 195 Å². The summed E-state index contributed by atoms with van der Waals surface area (Å²) >= 11 is 0. The lowest BCUT2D eigenvalue weighted by atomic mass is 9.82. The summed E-state index contributed by atoms with van der Waals surface area (Å²) < 4.78 is 11.2. The van der Waals surface area contributed by atoms with E-state index in [1.54, 1.807) is 4.90 Å². The van der Waals surface area contributed by atoms with Crippen molar-refractivity contribution >= 4 is 17.5 Å². The molecule has 1 aromatic carbocycles. The minimum absolute atomic E-state index is 0.00389. The highest BCUT2D eigenvalue weighted by atomic mass is 16.5. The average molecular weight is 455 g/mol. The molecule has 0 bridgehead atoms. The molecule has 2 unspecified atom stereocenters. The minimum atomic E-state index is -0.884. The maximum absolute atomic E-state index is 13.0. The smallest absolute Gasteiger partial charge is 0.253 e. The Hall–Kier alpha value is -2.29. The van der Waals surface area contributed by atoms with Gasteiger partial charge in [-0.05, 0) is 37.0 Å². The lowest BCUT2D eigenvalue weighted by molar-refractivity contribution is -0.155. The Morgan fingerprint density at radius 3 is 2.45 bits per heavy atom. The summed E-state index contributed by atoms with van der Waals surface area (Å²) in [7, 11) is 0. The first-order valence-corrected chi connectivity index (χ1v) is 12.2. The molecule has 3 saturated heterocycles. The van der Waals surface area contributed by atoms with Crippen LogP contribution in [-0.4, -0.2) is 84.5 Å². The third-order valence-electron chi connectivity index (χ3n) is 7.57. The summed E-state index contributed by atoms with van der Waals surface area (Å²) in [5.74, 6) is -0.0703. The van der Waals surface area contributed by atoms with Crippen LogP contribution in [0.4, 0.5) is 0 Å². The Kier molecular flexibility index (Phi) is 6.01. The number of aliphatic imine (C=N–C) groups is 1. The van der Waals surface area contributed by atoms with E-state index in [4.69, 9.17) is 20.2 Å².